The van der Waals surface area contributed by atoms with E-state index >= 15 is 0 Å². The van der Waals surface area contributed by atoms with Gasteiger partial charge in [0, 0.05) is 5.88 Å². The number of hydrogen-bond acceptors (Lipinski definition) is 2. The van der Waals surface area contributed by atoms with Crippen LogP contribution in [0.4, 0.5) is 0 Å². The van der Waals surface area contributed by atoms with E-state index in [1.54, 1.807) is 0 Å². The molecule has 4 heteroatoms. The quantitative estimate of drug-likeness (QED) is 0.463. The molecule has 0 aromatic rings. The van der Waals surface area contributed by atoms with Crippen LogP contribution in [-0.2, 0) is 4.79 Å². The average Bonchev–Trinajstić information content (AvgIpc) is 2.26. The molecular formula is C12H23ClO3. The van der Waals surface area contributed by atoms with Crippen molar-refractivity contribution in [2.24, 2.45) is 5.92 Å². The fraction of sp³-hybridized carbons (Fsp3) is 0.917. The van der Waals surface area contributed by atoms with Gasteiger partial charge in [0.2, 0.25) is 0 Å². The summed E-state index contributed by atoms with van der Waals surface area (Å²) in [4.78, 5) is 10.8. The molecule has 0 heterocycles. The van der Waals surface area contributed by atoms with Crippen LogP contribution in [0.1, 0.15) is 51.9 Å². The molecule has 0 rings (SSSR count). The summed E-state index contributed by atoms with van der Waals surface area (Å²) in [5, 5.41) is 18.3. The molecule has 0 radical (unpaired) electrons. The second-order valence-corrected chi connectivity index (χ2v) is 4.53. The van der Waals surface area contributed by atoms with Gasteiger partial charge in [0.05, 0.1) is 12.0 Å². The van der Waals surface area contributed by atoms with E-state index in [0.29, 0.717) is 6.42 Å². The van der Waals surface area contributed by atoms with Crippen molar-refractivity contribution in [1.82, 2.24) is 0 Å². The Labute approximate surface area is 103 Å². The molecule has 0 saturated carbocycles. The SMILES string of the molecule is CCCCCCCC[C@@H](C(=O)O)C(O)CCl. The zero-order chi connectivity index (χ0) is 12.4. The molecule has 0 bridgehead atoms. The molecule has 96 valence electrons. The van der Waals surface area contributed by atoms with Gasteiger partial charge in [-0.25, -0.2) is 0 Å². The summed E-state index contributed by atoms with van der Waals surface area (Å²) < 4.78 is 0. The van der Waals surface area contributed by atoms with Crippen LogP contribution in [0.2, 0.25) is 0 Å². The van der Waals surface area contributed by atoms with Crippen LogP contribution in [-0.4, -0.2) is 28.2 Å². The Morgan fingerprint density at radius 2 is 1.75 bits per heavy atom. The van der Waals surface area contributed by atoms with Crippen LogP contribution in [0.5, 0.6) is 0 Å². The van der Waals surface area contributed by atoms with E-state index in [1.165, 1.54) is 19.3 Å². The Morgan fingerprint density at radius 3 is 2.25 bits per heavy atom. The van der Waals surface area contributed by atoms with Gasteiger partial charge in [-0.05, 0) is 6.42 Å². The van der Waals surface area contributed by atoms with Crippen molar-refractivity contribution < 1.29 is 15.0 Å². The van der Waals surface area contributed by atoms with Crippen molar-refractivity contribution in [3.8, 4) is 0 Å². The Kier molecular flexibility index (Phi) is 9.74. The number of carboxylic acid groups (broad SMARTS) is 1. The Morgan fingerprint density at radius 1 is 1.19 bits per heavy atom. The summed E-state index contributed by atoms with van der Waals surface area (Å²) in [6.45, 7) is 2.16. The third-order valence-corrected chi connectivity index (χ3v) is 3.12. The third-order valence-electron chi connectivity index (χ3n) is 2.81. The largest absolute Gasteiger partial charge is 0.481 e. The second kappa shape index (κ2) is 9.91. The average molecular weight is 251 g/mol. The van der Waals surface area contributed by atoms with Crippen molar-refractivity contribution in [1.29, 1.82) is 0 Å². The molecule has 0 aromatic carbocycles. The van der Waals surface area contributed by atoms with Crippen LogP contribution in [0.15, 0.2) is 0 Å². The van der Waals surface area contributed by atoms with E-state index in [-0.39, 0.29) is 5.88 Å². The van der Waals surface area contributed by atoms with E-state index in [4.69, 9.17) is 16.7 Å². The zero-order valence-electron chi connectivity index (χ0n) is 9.99. The van der Waals surface area contributed by atoms with Crippen molar-refractivity contribution >= 4 is 17.6 Å². The summed E-state index contributed by atoms with van der Waals surface area (Å²) in [6, 6.07) is 0. The van der Waals surface area contributed by atoms with Gasteiger partial charge in [-0.15, -0.1) is 11.6 Å². The van der Waals surface area contributed by atoms with Crippen molar-refractivity contribution in [2.75, 3.05) is 5.88 Å². The second-order valence-electron chi connectivity index (χ2n) is 4.22. The molecule has 0 aliphatic carbocycles. The van der Waals surface area contributed by atoms with Crippen molar-refractivity contribution in [3.05, 3.63) is 0 Å². The number of carboxylic acids is 1. The molecule has 1 unspecified atom stereocenters. The van der Waals surface area contributed by atoms with E-state index in [9.17, 15) is 9.90 Å². The lowest BCUT2D eigenvalue weighted by Gasteiger charge is -2.16. The molecule has 0 aliphatic rings. The predicted octanol–water partition coefficient (Wildman–Crippen LogP) is 3.04. The van der Waals surface area contributed by atoms with Crippen LogP contribution in [0, 0.1) is 5.92 Å². The molecule has 0 spiro atoms. The minimum Gasteiger partial charge on any atom is -0.481 e. The van der Waals surface area contributed by atoms with Gasteiger partial charge in [0.1, 0.15) is 0 Å². The van der Waals surface area contributed by atoms with Gasteiger partial charge < -0.3 is 10.2 Å². The van der Waals surface area contributed by atoms with Crippen LogP contribution >= 0.6 is 11.6 Å². The minimum absolute atomic E-state index is 0.00714. The van der Waals surface area contributed by atoms with Crippen molar-refractivity contribution in [2.45, 2.75) is 58.0 Å². The minimum atomic E-state index is -0.943. The van der Waals surface area contributed by atoms with Gasteiger partial charge in [0.25, 0.3) is 0 Å². The maximum absolute atomic E-state index is 10.8. The number of carbonyl (C=O) groups is 1. The number of unbranched alkanes of at least 4 members (excludes halogenated alkanes) is 5. The molecule has 0 aliphatic heterocycles. The molecule has 0 amide bonds. The first-order valence-electron chi connectivity index (χ1n) is 6.10. The highest BCUT2D eigenvalue weighted by molar-refractivity contribution is 6.18. The normalized spacial score (nSPS) is 14.7. The topological polar surface area (TPSA) is 57.5 Å². The standard InChI is InChI=1S/C12H23ClO3/c1-2-3-4-5-6-7-8-10(12(15)16)11(14)9-13/h10-11,14H,2-9H2,1H3,(H,15,16)/t10-,11?/m1/s1. The van der Waals surface area contributed by atoms with Crippen LogP contribution in [0.25, 0.3) is 0 Å². The fourth-order valence-corrected chi connectivity index (χ4v) is 1.95. The zero-order valence-corrected chi connectivity index (χ0v) is 10.7. The summed E-state index contributed by atoms with van der Waals surface area (Å²) >= 11 is 5.46. The monoisotopic (exact) mass is 250 g/mol. The fourth-order valence-electron chi connectivity index (χ4n) is 1.73. The van der Waals surface area contributed by atoms with Gasteiger partial charge >= 0.3 is 5.97 Å². The smallest absolute Gasteiger partial charge is 0.309 e. The van der Waals surface area contributed by atoms with Gasteiger partial charge in [-0.3, -0.25) is 4.79 Å². The highest BCUT2D eigenvalue weighted by Crippen LogP contribution is 2.16. The molecule has 0 fully saturated rings. The summed E-state index contributed by atoms with van der Waals surface area (Å²) in [6.07, 6.45) is 6.32. The Balaban J connectivity index is 3.65. The number of aliphatic carboxylic acids is 1. The number of halogens is 1. The summed E-state index contributed by atoms with van der Waals surface area (Å²) in [5.74, 6) is -1.65. The first-order chi connectivity index (χ1) is 7.63. The maximum Gasteiger partial charge on any atom is 0.309 e. The van der Waals surface area contributed by atoms with Gasteiger partial charge in [-0.1, -0.05) is 45.4 Å². The predicted molar refractivity (Wildman–Crippen MR) is 65.8 cm³/mol. The molecule has 16 heavy (non-hydrogen) atoms. The molecule has 0 saturated heterocycles. The van der Waals surface area contributed by atoms with E-state index in [1.807, 2.05) is 0 Å². The van der Waals surface area contributed by atoms with Crippen molar-refractivity contribution in [3.63, 3.8) is 0 Å². The lowest BCUT2D eigenvalue weighted by Crippen LogP contribution is -2.29. The number of aliphatic hydroxyl groups is 1. The number of hydrogen-bond donors (Lipinski definition) is 2. The van der Waals surface area contributed by atoms with E-state index in [0.717, 1.165) is 19.3 Å². The summed E-state index contributed by atoms with van der Waals surface area (Å²) in [7, 11) is 0. The highest BCUT2D eigenvalue weighted by atomic mass is 35.5. The molecular weight excluding hydrogens is 228 g/mol. The first-order valence-corrected chi connectivity index (χ1v) is 6.63. The Hall–Kier alpha value is -0.280. The van der Waals surface area contributed by atoms with Crippen LogP contribution < -0.4 is 0 Å². The number of alkyl halides is 1. The lowest BCUT2D eigenvalue weighted by molar-refractivity contribution is -0.145. The highest BCUT2D eigenvalue weighted by Gasteiger charge is 2.24. The third kappa shape index (κ3) is 7.07. The first kappa shape index (κ1) is 15.7. The number of aliphatic hydroxyl groups excluding tert-OH is 1. The van der Waals surface area contributed by atoms with Crippen LogP contribution in [0.3, 0.4) is 0 Å². The Bertz CT molecular complexity index is 185. The lowest BCUT2D eigenvalue weighted by atomic mass is 9.96. The maximum atomic E-state index is 10.8. The molecule has 0 aromatic heterocycles. The van der Waals surface area contributed by atoms with E-state index in [2.05, 4.69) is 6.92 Å². The molecule has 2 atom stereocenters. The van der Waals surface area contributed by atoms with Gasteiger partial charge in [-0.2, -0.15) is 0 Å². The molecule has 3 nitrogen and oxygen atoms in total. The summed E-state index contributed by atoms with van der Waals surface area (Å²) in [5.41, 5.74) is 0. The number of rotatable bonds is 10. The van der Waals surface area contributed by atoms with Gasteiger partial charge in [0.15, 0.2) is 0 Å². The van der Waals surface area contributed by atoms with E-state index < -0.39 is 18.0 Å². The molecule has 2 N–H and O–H groups in total.